The van der Waals surface area contributed by atoms with E-state index >= 15 is 0 Å². The Labute approximate surface area is 192 Å². The number of halogens is 1. The summed E-state index contributed by atoms with van der Waals surface area (Å²) in [7, 11) is 0. The number of carbonyl (C=O) groups excluding carboxylic acids is 1. The molecule has 0 atom stereocenters. The van der Waals surface area contributed by atoms with E-state index < -0.39 is 0 Å². The molecule has 7 heteroatoms. The first kappa shape index (κ1) is 22.3. The molecule has 170 valence electrons. The van der Waals surface area contributed by atoms with Gasteiger partial charge in [0.25, 0.3) is 5.91 Å². The molecular weight excluding hydrogens is 421 g/mol. The molecule has 0 saturated carbocycles. The summed E-state index contributed by atoms with van der Waals surface area (Å²) in [6.07, 6.45) is 0. The van der Waals surface area contributed by atoms with Crippen LogP contribution in [-0.2, 0) is 13.2 Å². The second kappa shape index (κ2) is 9.32. The van der Waals surface area contributed by atoms with E-state index in [0.717, 1.165) is 28.1 Å². The van der Waals surface area contributed by atoms with Crippen molar-refractivity contribution in [2.75, 3.05) is 5.32 Å². The van der Waals surface area contributed by atoms with E-state index in [9.17, 15) is 9.18 Å². The van der Waals surface area contributed by atoms with E-state index in [1.807, 2.05) is 45.9 Å². The lowest BCUT2D eigenvalue weighted by molar-refractivity contribution is 0.0992. The van der Waals surface area contributed by atoms with Gasteiger partial charge < -0.3 is 14.5 Å². The summed E-state index contributed by atoms with van der Waals surface area (Å²) >= 11 is 0. The zero-order chi connectivity index (χ0) is 23.5. The highest BCUT2D eigenvalue weighted by atomic mass is 19.1. The average Bonchev–Trinajstić information content (AvgIpc) is 3.36. The van der Waals surface area contributed by atoms with Gasteiger partial charge in [-0.1, -0.05) is 24.3 Å². The van der Waals surface area contributed by atoms with Gasteiger partial charge in [0, 0.05) is 0 Å². The van der Waals surface area contributed by atoms with Crippen molar-refractivity contribution in [2.45, 2.75) is 40.8 Å². The van der Waals surface area contributed by atoms with Crippen LogP contribution >= 0.6 is 0 Å². The second-order valence-corrected chi connectivity index (χ2v) is 8.11. The fourth-order valence-corrected chi connectivity index (χ4v) is 3.56. The number of carbonyl (C=O) groups is 1. The molecule has 2 aromatic carbocycles. The molecule has 2 heterocycles. The van der Waals surface area contributed by atoms with E-state index in [1.165, 1.54) is 12.1 Å². The van der Waals surface area contributed by atoms with E-state index in [2.05, 4.69) is 10.4 Å². The minimum atomic E-state index is -0.361. The summed E-state index contributed by atoms with van der Waals surface area (Å²) in [5, 5.41) is 7.41. The predicted molar refractivity (Wildman–Crippen MR) is 124 cm³/mol. The molecule has 6 nitrogen and oxygen atoms in total. The Morgan fingerprint density at radius 1 is 1.06 bits per heavy atom. The third kappa shape index (κ3) is 5.14. The number of amides is 1. The standard InChI is InChI=1S/C26H26FN3O3/c1-16-5-6-17(2)24(13-16)32-15-22-11-12-23(33-22)26(31)28-25-18(3)29-30(19(25)4)14-20-7-9-21(27)10-8-20/h5-13H,14-15H2,1-4H3,(H,28,31). The Kier molecular flexibility index (Phi) is 6.31. The first-order valence-electron chi connectivity index (χ1n) is 10.7. The van der Waals surface area contributed by atoms with Gasteiger partial charge in [0.05, 0.1) is 23.6 Å². The number of furan rings is 1. The van der Waals surface area contributed by atoms with Crippen molar-refractivity contribution in [3.8, 4) is 5.75 Å². The fraction of sp³-hybridized carbons (Fsp3) is 0.231. The van der Waals surface area contributed by atoms with E-state index in [0.29, 0.717) is 23.7 Å². The van der Waals surface area contributed by atoms with Crippen LogP contribution in [0.5, 0.6) is 5.75 Å². The summed E-state index contributed by atoms with van der Waals surface area (Å²) < 4.78 is 26.5. The highest BCUT2D eigenvalue weighted by molar-refractivity contribution is 6.02. The number of anilines is 1. The molecule has 0 fully saturated rings. The summed E-state index contributed by atoms with van der Waals surface area (Å²) in [5.74, 6) is 0.899. The number of nitrogens with zero attached hydrogens (tertiary/aromatic N) is 2. The Morgan fingerprint density at radius 2 is 1.82 bits per heavy atom. The molecule has 1 amide bonds. The van der Waals surface area contributed by atoms with Crippen LogP contribution in [0.15, 0.2) is 59.0 Å². The van der Waals surface area contributed by atoms with Gasteiger partial charge >= 0.3 is 0 Å². The fourth-order valence-electron chi connectivity index (χ4n) is 3.56. The maximum absolute atomic E-state index is 13.2. The quantitative estimate of drug-likeness (QED) is 0.393. The highest BCUT2D eigenvalue weighted by Gasteiger charge is 2.18. The second-order valence-electron chi connectivity index (χ2n) is 8.11. The van der Waals surface area contributed by atoms with Crippen molar-refractivity contribution in [2.24, 2.45) is 0 Å². The smallest absolute Gasteiger partial charge is 0.291 e. The number of ether oxygens (including phenoxy) is 1. The van der Waals surface area contributed by atoms with Gasteiger partial charge in [0.1, 0.15) is 23.9 Å². The van der Waals surface area contributed by atoms with Crippen LogP contribution in [0.25, 0.3) is 0 Å². The minimum absolute atomic E-state index is 0.194. The zero-order valence-corrected chi connectivity index (χ0v) is 19.1. The molecule has 0 unspecified atom stereocenters. The van der Waals surface area contributed by atoms with E-state index in [4.69, 9.17) is 9.15 Å². The molecule has 0 radical (unpaired) electrons. The third-order valence-electron chi connectivity index (χ3n) is 5.46. The normalized spacial score (nSPS) is 10.9. The largest absolute Gasteiger partial charge is 0.485 e. The summed E-state index contributed by atoms with van der Waals surface area (Å²) in [6, 6.07) is 15.6. The van der Waals surface area contributed by atoms with Gasteiger partial charge in [0.15, 0.2) is 5.76 Å². The van der Waals surface area contributed by atoms with Gasteiger partial charge in [-0.05, 0) is 74.7 Å². The maximum atomic E-state index is 13.2. The molecule has 2 aromatic heterocycles. The number of rotatable bonds is 7. The SMILES string of the molecule is Cc1ccc(C)c(OCc2ccc(C(=O)Nc3c(C)nn(Cc4ccc(F)cc4)c3C)o2)c1. The molecule has 4 rings (SSSR count). The molecule has 0 saturated heterocycles. The Bertz CT molecular complexity index is 1290. The van der Waals surface area contributed by atoms with E-state index in [-0.39, 0.29) is 24.1 Å². The molecule has 0 spiro atoms. The monoisotopic (exact) mass is 447 g/mol. The van der Waals surface area contributed by atoms with Crippen LogP contribution in [0, 0.1) is 33.5 Å². The van der Waals surface area contributed by atoms with Crippen LogP contribution in [0.4, 0.5) is 10.1 Å². The Morgan fingerprint density at radius 3 is 2.58 bits per heavy atom. The van der Waals surface area contributed by atoms with Crippen molar-refractivity contribution in [1.29, 1.82) is 0 Å². The minimum Gasteiger partial charge on any atom is -0.485 e. The Balaban J connectivity index is 1.42. The molecule has 1 N–H and O–H groups in total. The van der Waals surface area contributed by atoms with Crippen LogP contribution in [0.3, 0.4) is 0 Å². The van der Waals surface area contributed by atoms with Gasteiger partial charge in [-0.3, -0.25) is 9.48 Å². The lowest BCUT2D eigenvalue weighted by atomic mass is 10.1. The van der Waals surface area contributed by atoms with Crippen LogP contribution in [0.2, 0.25) is 0 Å². The molecule has 4 aromatic rings. The van der Waals surface area contributed by atoms with Crippen molar-refractivity contribution in [1.82, 2.24) is 9.78 Å². The zero-order valence-electron chi connectivity index (χ0n) is 19.1. The topological polar surface area (TPSA) is 69.3 Å². The number of hydrogen-bond acceptors (Lipinski definition) is 4. The van der Waals surface area contributed by atoms with Gasteiger partial charge in [0.2, 0.25) is 0 Å². The van der Waals surface area contributed by atoms with Crippen LogP contribution in [0.1, 0.15) is 44.4 Å². The van der Waals surface area contributed by atoms with Gasteiger partial charge in [-0.25, -0.2) is 4.39 Å². The molecule has 33 heavy (non-hydrogen) atoms. The third-order valence-corrected chi connectivity index (χ3v) is 5.46. The predicted octanol–water partition coefficient (Wildman–Crippen LogP) is 5.73. The van der Waals surface area contributed by atoms with Crippen molar-refractivity contribution >= 4 is 11.6 Å². The molecule has 0 aliphatic heterocycles. The van der Waals surface area contributed by atoms with Crippen molar-refractivity contribution < 1.29 is 18.3 Å². The number of nitrogens with one attached hydrogen (secondary N) is 1. The summed E-state index contributed by atoms with van der Waals surface area (Å²) in [5.41, 5.74) is 5.18. The number of hydrogen-bond donors (Lipinski definition) is 1. The van der Waals surface area contributed by atoms with Crippen molar-refractivity contribution in [3.63, 3.8) is 0 Å². The van der Waals surface area contributed by atoms with Crippen LogP contribution < -0.4 is 10.1 Å². The summed E-state index contributed by atoms with van der Waals surface area (Å²) in [6.45, 7) is 8.40. The first-order valence-corrected chi connectivity index (χ1v) is 10.7. The molecule has 0 bridgehead atoms. The summed E-state index contributed by atoms with van der Waals surface area (Å²) in [4.78, 5) is 12.8. The highest BCUT2D eigenvalue weighted by Crippen LogP contribution is 2.23. The average molecular weight is 448 g/mol. The maximum Gasteiger partial charge on any atom is 0.291 e. The van der Waals surface area contributed by atoms with Gasteiger partial charge in [-0.2, -0.15) is 5.10 Å². The lowest BCUT2D eigenvalue weighted by Gasteiger charge is -2.08. The van der Waals surface area contributed by atoms with Gasteiger partial charge in [-0.15, -0.1) is 0 Å². The Hall–Kier alpha value is -3.87. The molecular formula is C26H26FN3O3. The van der Waals surface area contributed by atoms with Crippen molar-refractivity contribution in [3.05, 3.63) is 100 Å². The number of aryl methyl sites for hydroxylation is 3. The number of aromatic nitrogens is 2. The number of benzene rings is 2. The van der Waals surface area contributed by atoms with Crippen LogP contribution in [-0.4, -0.2) is 15.7 Å². The van der Waals surface area contributed by atoms with E-state index in [1.54, 1.807) is 28.9 Å². The first-order chi connectivity index (χ1) is 15.8. The molecule has 0 aliphatic carbocycles. The molecule has 0 aliphatic rings. The lowest BCUT2D eigenvalue weighted by Crippen LogP contribution is -2.12.